The van der Waals surface area contributed by atoms with Gasteiger partial charge in [-0.3, -0.25) is 4.79 Å². The van der Waals surface area contributed by atoms with Crippen LogP contribution in [-0.4, -0.2) is 28.2 Å². The van der Waals surface area contributed by atoms with Gasteiger partial charge in [-0.1, -0.05) is 13.3 Å². The molecule has 0 saturated heterocycles. The predicted octanol–water partition coefficient (Wildman–Crippen LogP) is 1.24. The zero-order chi connectivity index (χ0) is 12.0. The second-order valence-corrected chi connectivity index (χ2v) is 3.49. The van der Waals surface area contributed by atoms with Gasteiger partial charge in [-0.25, -0.2) is 4.98 Å². The number of aromatic hydroxyl groups is 1. The van der Waals surface area contributed by atoms with Crippen molar-refractivity contribution in [3.8, 4) is 5.88 Å². The van der Waals surface area contributed by atoms with Crippen LogP contribution in [0.3, 0.4) is 0 Å². The van der Waals surface area contributed by atoms with E-state index < -0.39 is 0 Å². The number of methoxy groups -OCH3 is 1. The Hall–Kier alpha value is -1.65. The highest BCUT2D eigenvalue weighted by Crippen LogP contribution is 2.10. The summed E-state index contributed by atoms with van der Waals surface area (Å²) in [6.07, 6.45) is 2.76. The molecular formula is C11H16N2O3. The van der Waals surface area contributed by atoms with Gasteiger partial charge in [0, 0.05) is 12.5 Å². The van der Waals surface area contributed by atoms with Crippen molar-refractivity contribution in [1.82, 2.24) is 9.97 Å². The molecule has 88 valence electrons. The number of rotatable bonds is 5. The molecular weight excluding hydrogens is 208 g/mol. The highest BCUT2D eigenvalue weighted by Gasteiger charge is 2.08. The molecule has 0 bridgehead atoms. The monoisotopic (exact) mass is 224 g/mol. The van der Waals surface area contributed by atoms with Crippen molar-refractivity contribution in [2.24, 2.45) is 0 Å². The highest BCUT2D eigenvalue weighted by atomic mass is 16.5. The second kappa shape index (κ2) is 6.05. The van der Waals surface area contributed by atoms with Gasteiger partial charge >= 0.3 is 5.97 Å². The number of aromatic nitrogens is 2. The van der Waals surface area contributed by atoms with Crippen molar-refractivity contribution < 1.29 is 14.6 Å². The summed E-state index contributed by atoms with van der Waals surface area (Å²) in [5, 5.41) is 9.38. The minimum absolute atomic E-state index is 0.0612. The third kappa shape index (κ3) is 3.84. The summed E-state index contributed by atoms with van der Waals surface area (Å²) in [5.41, 5.74) is 0.491. The van der Waals surface area contributed by atoms with Crippen molar-refractivity contribution >= 4 is 5.97 Å². The van der Waals surface area contributed by atoms with Gasteiger partial charge in [0.2, 0.25) is 5.88 Å². The van der Waals surface area contributed by atoms with Crippen LogP contribution < -0.4 is 0 Å². The molecule has 5 heteroatoms. The van der Waals surface area contributed by atoms with Gasteiger partial charge in [-0.15, -0.1) is 0 Å². The Bertz CT molecular complexity index is 366. The average Bonchev–Trinajstić information content (AvgIpc) is 2.25. The van der Waals surface area contributed by atoms with Gasteiger partial charge in [0.15, 0.2) is 0 Å². The normalized spacial score (nSPS) is 10.1. The van der Waals surface area contributed by atoms with Crippen LogP contribution in [0.1, 0.15) is 31.3 Å². The van der Waals surface area contributed by atoms with E-state index in [-0.39, 0.29) is 18.3 Å². The van der Waals surface area contributed by atoms with Crippen LogP contribution in [0.15, 0.2) is 6.07 Å². The summed E-state index contributed by atoms with van der Waals surface area (Å²) in [6, 6.07) is 1.38. The molecule has 1 heterocycles. The van der Waals surface area contributed by atoms with Gasteiger partial charge in [-0.05, 0) is 6.42 Å². The first-order chi connectivity index (χ1) is 7.65. The molecule has 1 N–H and O–H groups in total. The summed E-state index contributed by atoms with van der Waals surface area (Å²) in [5.74, 6) is 0.0975. The van der Waals surface area contributed by atoms with Crippen LogP contribution in [0.4, 0.5) is 0 Å². The molecule has 0 aromatic carbocycles. The van der Waals surface area contributed by atoms with Crippen LogP contribution in [0.5, 0.6) is 5.88 Å². The number of nitrogens with zero attached hydrogens (tertiary/aromatic N) is 2. The van der Waals surface area contributed by atoms with Crippen molar-refractivity contribution in [3.05, 3.63) is 17.6 Å². The van der Waals surface area contributed by atoms with Gasteiger partial charge in [0.25, 0.3) is 0 Å². The summed E-state index contributed by atoms with van der Waals surface area (Å²) in [4.78, 5) is 19.1. The number of aryl methyl sites for hydroxylation is 1. The number of carbonyl (C=O) groups is 1. The first kappa shape index (κ1) is 12.4. The topological polar surface area (TPSA) is 72.3 Å². The SMILES string of the molecule is CCCCc1nc(O)cc(CC(=O)OC)n1. The molecule has 0 fully saturated rings. The fourth-order valence-corrected chi connectivity index (χ4v) is 1.29. The Morgan fingerprint density at radius 1 is 1.50 bits per heavy atom. The molecule has 0 unspecified atom stereocenters. The Kier molecular flexibility index (Phi) is 4.69. The molecule has 0 aliphatic heterocycles. The number of unbranched alkanes of at least 4 members (excludes halogenated alkanes) is 1. The second-order valence-electron chi connectivity index (χ2n) is 3.49. The van der Waals surface area contributed by atoms with Crippen LogP contribution in [0.2, 0.25) is 0 Å². The van der Waals surface area contributed by atoms with Crippen LogP contribution >= 0.6 is 0 Å². The first-order valence-electron chi connectivity index (χ1n) is 5.28. The van der Waals surface area contributed by atoms with E-state index in [0.29, 0.717) is 17.9 Å². The maximum absolute atomic E-state index is 11.1. The van der Waals surface area contributed by atoms with E-state index in [9.17, 15) is 9.90 Å². The van der Waals surface area contributed by atoms with Crippen molar-refractivity contribution in [2.75, 3.05) is 7.11 Å². The van der Waals surface area contributed by atoms with Gasteiger partial charge in [-0.2, -0.15) is 4.98 Å². The number of ether oxygens (including phenoxy) is 1. The van der Waals surface area contributed by atoms with E-state index in [1.54, 1.807) is 0 Å². The Morgan fingerprint density at radius 3 is 2.88 bits per heavy atom. The fourth-order valence-electron chi connectivity index (χ4n) is 1.29. The highest BCUT2D eigenvalue weighted by molar-refractivity contribution is 5.71. The predicted molar refractivity (Wildman–Crippen MR) is 58.0 cm³/mol. The summed E-state index contributed by atoms with van der Waals surface area (Å²) in [7, 11) is 1.32. The number of esters is 1. The molecule has 16 heavy (non-hydrogen) atoms. The van der Waals surface area contributed by atoms with E-state index in [1.165, 1.54) is 13.2 Å². The average molecular weight is 224 g/mol. The third-order valence-corrected chi connectivity index (χ3v) is 2.12. The van der Waals surface area contributed by atoms with Gasteiger partial charge < -0.3 is 9.84 Å². The lowest BCUT2D eigenvalue weighted by molar-refractivity contribution is -0.139. The van der Waals surface area contributed by atoms with Crippen LogP contribution in [-0.2, 0) is 22.4 Å². The Morgan fingerprint density at radius 2 is 2.25 bits per heavy atom. The minimum atomic E-state index is -0.375. The van der Waals surface area contributed by atoms with Crippen LogP contribution in [0, 0.1) is 0 Å². The lowest BCUT2D eigenvalue weighted by atomic mass is 10.2. The van der Waals surface area contributed by atoms with Crippen molar-refractivity contribution in [2.45, 2.75) is 32.6 Å². The maximum Gasteiger partial charge on any atom is 0.311 e. The largest absolute Gasteiger partial charge is 0.493 e. The lowest BCUT2D eigenvalue weighted by Crippen LogP contribution is -2.08. The molecule has 1 rings (SSSR count). The smallest absolute Gasteiger partial charge is 0.311 e. The van der Waals surface area contributed by atoms with Crippen molar-refractivity contribution in [1.29, 1.82) is 0 Å². The molecule has 0 amide bonds. The van der Waals surface area contributed by atoms with Crippen molar-refractivity contribution in [3.63, 3.8) is 0 Å². The number of hydrogen-bond acceptors (Lipinski definition) is 5. The Balaban J connectivity index is 2.77. The summed E-state index contributed by atoms with van der Waals surface area (Å²) >= 11 is 0. The van der Waals surface area contributed by atoms with Gasteiger partial charge in [0.05, 0.1) is 19.2 Å². The first-order valence-corrected chi connectivity index (χ1v) is 5.28. The number of carbonyl (C=O) groups excluding carboxylic acids is 1. The van der Waals surface area contributed by atoms with E-state index in [0.717, 1.165) is 12.8 Å². The molecule has 0 saturated carbocycles. The molecule has 0 atom stereocenters. The molecule has 5 nitrogen and oxygen atoms in total. The summed E-state index contributed by atoms with van der Waals surface area (Å²) < 4.78 is 4.53. The van der Waals surface area contributed by atoms with E-state index >= 15 is 0 Å². The lowest BCUT2D eigenvalue weighted by Gasteiger charge is -2.03. The van der Waals surface area contributed by atoms with E-state index in [1.807, 2.05) is 0 Å². The van der Waals surface area contributed by atoms with Gasteiger partial charge in [0.1, 0.15) is 5.82 Å². The van der Waals surface area contributed by atoms with Crippen LogP contribution in [0.25, 0.3) is 0 Å². The molecule has 0 spiro atoms. The zero-order valence-corrected chi connectivity index (χ0v) is 9.56. The quantitative estimate of drug-likeness (QED) is 0.762. The van der Waals surface area contributed by atoms with E-state index in [2.05, 4.69) is 21.6 Å². The molecule has 1 aromatic rings. The summed E-state index contributed by atoms with van der Waals surface area (Å²) in [6.45, 7) is 2.07. The minimum Gasteiger partial charge on any atom is -0.493 e. The van der Waals surface area contributed by atoms with E-state index in [4.69, 9.17) is 0 Å². The maximum atomic E-state index is 11.1. The Labute approximate surface area is 94.5 Å². The molecule has 0 aliphatic carbocycles. The molecule has 1 aromatic heterocycles. The molecule has 0 radical (unpaired) electrons. The fraction of sp³-hybridized carbons (Fsp3) is 0.545. The number of hydrogen-bond donors (Lipinski definition) is 1. The standard InChI is InChI=1S/C11H16N2O3/c1-3-4-5-9-12-8(6-10(14)13-9)7-11(15)16-2/h6H,3-5,7H2,1-2H3,(H,12,13,14). The molecule has 0 aliphatic rings. The zero-order valence-electron chi connectivity index (χ0n) is 9.56. The third-order valence-electron chi connectivity index (χ3n) is 2.12.